The number of likely N-dealkylation sites (tertiary alicyclic amines) is 1. The van der Waals surface area contributed by atoms with Crippen LogP contribution in [0.25, 0.3) is 0 Å². The van der Waals surface area contributed by atoms with Crippen molar-refractivity contribution in [2.45, 2.75) is 25.8 Å². The lowest BCUT2D eigenvalue weighted by molar-refractivity contribution is 0.207. The number of nitrogens with two attached hydrogens (primary N) is 1. The van der Waals surface area contributed by atoms with Crippen molar-refractivity contribution in [1.29, 1.82) is 0 Å². The molecule has 0 saturated carbocycles. The number of ether oxygens (including phenoxy) is 1. The molecule has 0 aromatic rings. The lowest BCUT2D eigenvalue weighted by Gasteiger charge is -2.22. The monoisotopic (exact) mass is 243 g/mol. The Kier molecular flexibility index (Phi) is 6.91. The summed E-state index contributed by atoms with van der Waals surface area (Å²) in [5.41, 5.74) is 2.58. The van der Waals surface area contributed by atoms with Crippen molar-refractivity contribution in [2.75, 3.05) is 39.9 Å². The third kappa shape index (κ3) is 5.86. The molecule has 4 N–H and O–H groups in total. The van der Waals surface area contributed by atoms with Gasteiger partial charge >= 0.3 is 0 Å². The van der Waals surface area contributed by atoms with E-state index in [0.717, 1.165) is 6.54 Å². The summed E-state index contributed by atoms with van der Waals surface area (Å²) in [7, 11) is 1.66. The van der Waals surface area contributed by atoms with Gasteiger partial charge in [0, 0.05) is 19.7 Å². The van der Waals surface area contributed by atoms with Crippen molar-refractivity contribution in [2.24, 2.45) is 10.8 Å². The van der Waals surface area contributed by atoms with E-state index < -0.39 is 0 Å². The molecular weight excluding hydrogens is 218 g/mol. The van der Waals surface area contributed by atoms with Gasteiger partial charge in [-0.3, -0.25) is 5.43 Å². The largest absolute Gasteiger partial charge is 0.383 e. The normalized spacial score (nSPS) is 19.4. The Bertz CT molecular complexity index is 228. The predicted molar refractivity (Wildman–Crippen MR) is 69.8 cm³/mol. The van der Waals surface area contributed by atoms with Crippen molar-refractivity contribution in [3.05, 3.63) is 0 Å². The Morgan fingerprint density at radius 2 is 2.18 bits per heavy atom. The van der Waals surface area contributed by atoms with E-state index in [1.165, 1.54) is 25.9 Å². The van der Waals surface area contributed by atoms with Gasteiger partial charge in [-0.25, -0.2) is 10.8 Å². The maximum absolute atomic E-state index is 5.41. The second-order valence-electron chi connectivity index (χ2n) is 4.42. The molecule has 0 amide bonds. The van der Waals surface area contributed by atoms with Crippen LogP contribution in [0.5, 0.6) is 0 Å². The molecular formula is C11H25N5O. The Morgan fingerprint density at radius 1 is 1.47 bits per heavy atom. The van der Waals surface area contributed by atoms with Gasteiger partial charge in [-0.2, -0.15) is 0 Å². The number of hydrogen-bond donors (Lipinski definition) is 3. The molecule has 17 heavy (non-hydrogen) atoms. The summed E-state index contributed by atoms with van der Waals surface area (Å²) in [5.74, 6) is 6.05. The van der Waals surface area contributed by atoms with Crippen LogP contribution in [0.4, 0.5) is 0 Å². The molecule has 6 nitrogen and oxygen atoms in total. The van der Waals surface area contributed by atoms with Gasteiger partial charge in [0.25, 0.3) is 0 Å². The second-order valence-corrected chi connectivity index (χ2v) is 4.42. The van der Waals surface area contributed by atoms with E-state index in [1.54, 1.807) is 7.11 Å². The number of rotatable bonds is 6. The van der Waals surface area contributed by atoms with Gasteiger partial charge in [-0.15, -0.1) is 0 Å². The van der Waals surface area contributed by atoms with Gasteiger partial charge in [0.1, 0.15) is 0 Å². The fourth-order valence-corrected chi connectivity index (χ4v) is 2.01. The minimum atomic E-state index is 0.338. The maximum Gasteiger partial charge on any atom is 0.206 e. The Balaban J connectivity index is 2.25. The van der Waals surface area contributed by atoms with Crippen LogP contribution in [0.3, 0.4) is 0 Å². The standard InChI is InChI=1S/C11H25N5O/c1-10(9-16-6-3-4-7-16)14-11(15-12)13-5-8-17-2/h10H,3-9,12H2,1-2H3,(H2,13,14,15). The third-order valence-electron chi connectivity index (χ3n) is 2.82. The Labute approximate surface area is 104 Å². The summed E-state index contributed by atoms with van der Waals surface area (Å²) in [6.45, 7) is 6.80. The molecule has 0 radical (unpaired) electrons. The van der Waals surface area contributed by atoms with Crippen molar-refractivity contribution in [1.82, 2.24) is 15.6 Å². The third-order valence-corrected chi connectivity index (χ3v) is 2.82. The highest BCUT2D eigenvalue weighted by atomic mass is 16.5. The van der Waals surface area contributed by atoms with Crippen molar-refractivity contribution >= 4 is 5.96 Å². The molecule has 0 aromatic heterocycles. The smallest absolute Gasteiger partial charge is 0.206 e. The van der Waals surface area contributed by atoms with Gasteiger partial charge in [-0.1, -0.05) is 0 Å². The van der Waals surface area contributed by atoms with Gasteiger partial charge in [0.05, 0.1) is 13.2 Å². The van der Waals surface area contributed by atoms with Gasteiger partial charge in [-0.05, 0) is 32.9 Å². The van der Waals surface area contributed by atoms with E-state index in [4.69, 9.17) is 10.6 Å². The first-order chi connectivity index (χ1) is 8.26. The topological polar surface area (TPSA) is 74.9 Å². The number of hydrazine groups is 1. The lowest BCUT2D eigenvalue weighted by atomic mass is 10.3. The van der Waals surface area contributed by atoms with Crippen molar-refractivity contribution in [3.63, 3.8) is 0 Å². The fourth-order valence-electron chi connectivity index (χ4n) is 2.01. The van der Waals surface area contributed by atoms with Crippen LogP contribution in [0, 0.1) is 0 Å². The Morgan fingerprint density at radius 3 is 2.76 bits per heavy atom. The summed E-state index contributed by atoms with van der Waals surface area (Å²) in [4.78, 5) is 6.73. The summed E-state index contributed by atoms with van der Waals surface area (Å²) in [6.07, 6.45) is 2.63. The fraction of sp³-hybridized carbons (Fsp3) is 0.909. The van der Waals surface area contributed by atoms with Crippen LogP contribution in [0.15, 0.2) is 4.99 Å². The van der Waals surface area contributed by atoms with Gasteiger partial charge in [0.15, 0.2) is 0 Å². The lowest BCUT2D eigenvalue weighted by Crippen LogP contribution is -2.49. The van der Waals surface area contributed by atoms with Crippen LogP contribution >= 0.6 is 0 Å². The molecule has 1 aliphatic heterocycles. The first-order valence-corrected chi connectivity index (χ1v) is 6.25. The van der Waals surface area contributed by atoms with Crippen LogP contribution in [-0.4, -0.2) is 56.8 Å². The highest BCUT2D eigenvalue weighted by Gasteiger charge is 2.14. The van der Waals surface area contributed by atoms with E-state index in [0.29, 0.717) is 25.2 Å². The van der Waals surface area contributed by atoms with Gasteiger partial charge < -0.3 is 15.0 Å². The average Bonchev–Trinajstić information content (AvgIpc) is 2.80. The highest BCUT2D eigenvalue weighted by molar-refractivity contribution is 5.79. The minimum Gasteiger partial charge on any atom is -0.383 e. The predicted octanol–water partition coefficient (Wildman–Crippen LogP) is -0.474. The summed E-state index contributed by atoms with van der Waals surface area (Å²) < 4.78 is 4.94. The van der Waals surface area contributed by atoms with E-state index in [2.05, 4.69) is 27.6 Å². The average molecular weight is 243 g/mol. The molecule has 0 aromatic carbocycles. The van der Waals surface area contributed by atoms with Crippen molar-refractivity contribution < 1.29 is 4.74 Å². The zero-order valence-corrected chi connectivity index (χ0v) is 10.9. The number of guanidine groups is 1. The molecule has 1 aliphatic rings. The zero-order valence-electron chi connectivity index (χ0n) is 10.9. The second kappa shape index (κ2) is 8.27. The maximum atomic E-state index is 5.41. The molecule has 1 fully saturated rings. The molecule has 1 atom stereocenters. The van der Waals surface area contributed by atoms with E-state index in [1.807, 2.05) is 0 Å². The number of nitrogens with one attached hydrogen (secondary N) is 2. The molecule has 0 aliphatic carbocycles. The van der Waals surface area contributed by atoms with E-state index in [9.17, 15) is 0 Å². The van der Waals surface area contributed by atoms with E-state index in [-0.39, 0.29) is 0 Å². The summed E-state index contributed by atoms with van der Waals surface area (Å²) in [6, 6.07) is 0.338. The van der Waals surface area contributed by atoms with Crippen LogP contribution < -0.4 is 16.6 Å². The molecule has 1 rings (SSSR count). The van der Waals surface area contributed by atoms with Crippen LogP contribution in [-0.2, 0) is 4.74 Å². The quantitative estimate of drug-likeness (QED) is 0.193. The molecule has 0 spiro atoms. The number of hydrogen-bond acceptors (Lipinski definition) is 4. The molecule has 0 bridgehead atoms. The minimum absolute atomic E-state index is 0.338. The summed E-state index contributed by atoms with van der Waals surface area (Å²) in [5, 5.41) is 3.27. The SMILES string of the molecule is COCCN=C(NN)NC(C)CN1CCCC1. The van der Waals surface area contributed by atoms with E-state index >= 15 is 0 Å². The van der Waals surface area contributed by atoms with Crippen LogP contribution in [0.2, 0.25) is 0 Å². The number of nitrogens with zero attached hydrogens (tertiary/aromatic N) is 2. The zero-order chi connectivity index (χ0) is 12.5. The Hall–Kier alpha value is -0.850. The highest BCUT2D eigenvalue weighted by Crippen LogP contribution is 2.07. The molecule has 1 heterocycles. The summed E-state index contributed by atoms with van der Waals surface area (Å²) >= 11 is 0. The van der Waals surface area contributed by atoms with Crippen molar-refractivity contribution in [3.8, 4) is 0 Å². The molecule has 1 saturated heterocycles. The van der Waals surface area contributed by atoms with Crippen LogP contribution in [0.1, 0.15) is 19.8 Å². The molecule has 100 valence electrons. The molecule has 1 unspecified atom stereocenters. The number of aliphatic imine (C=N–C) groups is 1. The molecule has 6 heteroatoms. The first kappa shape index (κ1) is 14.2. The van der Waals surface area contributed by atoms with Gasteiger partial charge in [0.2, 0.25) is 5.96 Å². The number of methoxy groups -OCH3 is 1. The first-order valence-electron chi connectivity index (χ1n) is 6.25.